The molecule has 1 unspecified atom stereocenters. The molecule has 0 radical (unpaired) electrons. The highest BCUT2D eigenvalue weighted by atomic mass is 32.2. The summed E-state index contributed by atoms with van der Waals surface area (Å²) in [6.07, 6.45) is 0.820. The molecule has 0 bridgehead atoms. The Morgan fingerprint density at radius 3 is 2.44 bits per heavy atom. The van der Waals surface area contributed by atoms with E-state index in [-0.39, 0.29) is 11.7 Å². The molecule has 1 aromatic rings. The van der Waals surface area contributed by atoms with E-state index in [0.717, 1.165) is 6.42 Å². The molecule has 0 spiro atoms. The Morgan fingerprint density at radius 2 is 1.88 bits per heavy atom. The van der Waals surface area contributed by atoms with Crippen molar-refractivity contribution in [1.29, 1.82) is 0 Å². The Morgan fingerprint density at radius 1 is 1.25 bits per heavy atom. The van der Waals surface area contributed by atoms with Crippen molar-refractivity contribution in [3.05, 3.63) is 30.3 Å². The third-order valence-corrected chi connectivity index (χ3v) is 3.55. The first-order valence-corrected chi connectivity index (χ1v) is 6.85. The molecule has 0 saturated heterocycles. The number of rotatable bonds is 5. The molecule has 0 N–H and O–H groups in total. The quantitative estimate of drug-likeness (QED) is 0.742. The van der Waals surface area contributed by atoms with E-state index >= 15 is 0 Å². The standard InChI is InChI=1S/C11H16N2O2S/c1-3-10(2)9-16(14,15)13-12-11-7-5-4-6-8-11/h4-8,10H,3,9H2,1-2H3. The number of hydrogen-bond acceptors (Lipinski definition) is 3. The van der Waals surface area contributed by atoms with E-state index in [1.807, 2.05) is 19.9 Å². The van der Waals surface area contributed by atoms with Crippen LogP contribution in [0.3, 0.4) is 0 Å². The van der Waals surface area contributed by atoms with Crippen molar-refractivity contribution in [1.82, 2.24) is 0 Å². The van der Waals surface area contributed by atoms with Gasteiger partial charge < -0.3 is 0 Å². The molecular weight excluding hydrogens is 224 g/mol. The summed E-state index contributed by atoms with van der Waals surface area (Å²) in [6, 6.07) is 8.84. The van der Waals surface area contributed by atoms with Crippen LogP contribution in [0.5, 0.6) is 0 Å². The predicted molar refractivity (Wildman–Crippen MR) is 64.2 cm³/mol. The molecule has 0 aliphatic rings. The average molecular weight is 240 g/mol. The Labute approximate surface area is 96.5 Å². The van der Waals surface area contributed by atoms with Crippen molar-refractivity contribution in [2.45, 2.75) is 20.3 Å². The SMILES string of the molecule is CCC(C)CS(=O)(=O)N=Nc1ccccc1. The van der Waals surface area contributed by atoms with Crippen LogP contribution in [0.25, 0.3) is 0 Å². The van der Waals surface area contributed by atoms with Crippen molar-refractivity contribution >= 4 is 15.7 Å². The van der Waals surface area contributed by atoms with Crippen LogP contribution < -0.4 is 0 Å². The van der Waals surface area contributed by atoms with Gasteiger partial charge in [-0.05, 0) is 18.1 Å². The van der Waals surface area contributed by atoms with Crippen LogP contribution in [0.2, 0.25) is 0 Å². The van der Waals surface area contributed by atoms with Crippen molar-refractivity contribution in [2.24, 2.45) is 15.6 Å². The molecule has 4 nitrogen and oxygen atoms in total. The summed E-state index contributed by atoms with van der Waals surface area (Å²) in [4.78, 5) is 0. The van der Waals surface area contributed by atoms with Gasteiger partial charge in [-0.3, -0.25) is 0 Å². The van der Waals surface area contributed by atoms with E-state index in [1.54, 1.807) is 24.3 Å². The van der Waals surface area contributed by atoms with Crippen LogP contribution >= 0.6 is 0 Å². The zero-order valence-electron chi connectivity index (χ0n) is 9.50. The Balaban J connectivity index is 2.70. The fraction of sp³-hybridized carbons (Fsp3) is 0.455. The minimum absolute atomic E-state index is 0.0554. The molecule has 0 heterocycles. The largest absolute Gasteiger partial charge is 0.270 e. The maximum atomic E-state index is 11.5. The lowest BCUT2D eigenvalue weighted by atomic mass is 10.2. The van der Waals surface area contributed by atoms with E-state index in [4.69, 9.17) is 0 Å². The van der Waals surface area contributed by atoms with Gasteiger partial charge in [0.1, 0.15) is 0 Å². The summed E-state index contributed by atoms with van der Waals surface area (Å²) in [5, 5.41) is 3.70. The van der Waals surface area contributed by atoms with E-state index in [1.165, 1.54) is 0 Å². The molecule has 0 aliphatic carbocycles. The molecule has 1 aromatic carbocycles. The minimum atomic E-state index is -3.43. The van der Waals surface area contributed by atoms with Crippen LogP contribution in [0.1, 0.15) is 20.3 Å². The topological polar surface area (TPSA) is 58.9 Å². The van der Waals surface area contributed by atoms with E-state index in [0.29, 0.717) is 5.69 Å². The molecule has 16 heavy (non-hydrogen) atoms. The maximum absolute atomic E-state index is 11.5. The zero-order valence-corrected chi connectivity index (χ0v) is 10.3. The highest BCUT2D eigenvalue weighted by molar-refractivity contribution is 7.89. The minimum Gasteiger partial charge on any atom is -0.203 e. The molecule has 88 valence electrons. The Kier molecular flexibility index (Phi) is 4.61. The summed E-state index contributed by atoms with van der Waals surface area (Å²) in [5.74, 6) is 0.166. The van der Waals surface area contributed by atoms with Crippen LogP contribution in [-0.4, -0.2) is 14.2 Å². The van der Waals surface area contributed by atoms with Gasteiger partial charge in [-0.1, -0.05) is 43.0 Å². The first kappa shape index (κ1) is 12.8. The van der Waals surface area contributed by atoms with Gasteiger partial charge in [0.2, 0.25) is 0 Å². The van der Waals surface area contributed by atoms with Gasteiger partial charge in [-0.25, -0.2) is 8.42 Å². The van der Waals surface area contributed by atoms with E-state index < -0.39 is 10.0 Å². The Hall–Kier alpha value is -1.23. The zero-order chi connectivity index (χ0) is 12.0. The van der Waals surface area contributed by atoms with Crippen LogP contribution in [-0.2, 0) is 10.0 Å². The molecule has 0 aromatic heterocycles. The second kappa shape index (κ2) is 5.75. The first-order chi connectivity index (χ1) is 7.53. The second-order valence-electron chi connectivity index (χ2n) is 3.78. The summed E-state index contributed by atoms with van der Waals surface area (Å²) < 4.78 is 26.4. The van der Waals surface area contributed by atoms with Gasteiger partial charge in [0.15, 0.2) is 0 Å². The summed E-state index contributed by atoms with van der Waals surface area (Å²) >= 11 is 0. The average Bonchev–Trinajstić information content (AvgIpc) is 2.27. The van der Waals surface area contributed by atoms with Crippen LogP contribution in [0.15, 0.2) is 40.0 Å². The molecule has 0 fully saturated rings. The van der Waals surface area contributed by atoms with Gasteiger partial charge >= 0.3 is 0 Å². The van der Waals surface area contributed by atoms with Gasteiger partial charge in [-0.2, -0.15) is 0 Å². The third-order valence-electron chi connectivity index (χ3n) is 2.23. The summed E-state index contributed by atoms with van der Waals surface area (Å²) in [7, 11) is -3.43. The van der Waals surface area contributed by atoms with Crippen molar-refractivity contribution in [3.63, 3.8) is 0 Å². The predicted octanol–water partition coefficient (Wildman–Crippen LogP) is 3.15. The Bertz CT molecular complexity index is 440. The smallest absolute Gasteiger partial charge is 0.203 e. The fourth-order valence-electron chi connectivity index (χ4n) is 1.11. The lowest BCUT2D eigenvalue weighted by Gasteiger charge is -2.04. The number of benzene rings is 1. The summed E-state index contributed by atoms with van der Waals surface area (Å²) in [6.45, 7) is 3.84. The lowest BCUT2D eigenvalue weighted by molar-refractivity contribution is 0.564. The number of hydrogen-bond donors (Lipinski definition) is 0. The van der Waals surface area contributed by atoms with Crippen molar-refractivity contribution in [2.75, 3.05) is 5.75 Å². The first-order valence-electron chi connectivity index (χ1n) is 5.24. The summed E-state index contributed by atoms with van der Waals surface area (Å²) in [5.41, 5.74) is 0.551. The third kappa shape index (κ3) is 4.53. The van der Waals surface area contributed by atoms with Gasteiger partial charge in [-0.15, -0.1) is 5.11 Å². The van der Waals surface area contributed by atoms with Crippen LogP contribution in [0.4, 0.5) is 5.69 Å². The molecule has 1 rings (SSSR count). The van der Waals surface area contributed by atoms with E-state index in [9.17, 15) is 8.42 Å². The highest BCUT2D eigenvalue weighted by Crippen LogP contribution is 2.13. The van der Waals surface area contributed by atoms with Gasteiger partial charge in [0.25, 0.3) is 10.0 Å². The molecular formula is C11H16N2O2S. The normalized spacial score (nSPS) is 14.1. The molecule has 0 saturated carbocycles. The molecule has 1 atom stereocenters. The number of nitrogens with zero attached hydrogens (tertiary/aromatic N) is 2. The van der Waals surface area contributed by atoms with Gasteiger partial charge in [0.05, 0.1) is 11.4 Å². The number of sulfonamides is 1. The maximum Gasteiger partial charge on any atom is 0.270 e. The van der Waals surface area contributed by atoms with Crippen molar-refractivity contribution in [3.8, 4) is 0 Å². The lowest BCUT2D eigenvalue weighted by Crippen LogP contribution is -2.09. The fourth-order valence-corrected chi connectivity index (χ4v) is 2.35. The monoisotopic (exact) mass is 240 g/mol. The molecule has 5 heteroatoms. The second-order valence-corrected chi connectivity index (χ2v) is 5.44. The van der Waals surface area contributed by atoms with Crippen LogP contribution in [0, 0.1) is 5.92 Å². The van der Waals surface area contributed by atoms with Crippen molar-refractivity contribution < 1.29 is 8.42 Å². The molecule has 0 aliphatic heterocycles. The van der Waals surface area contributed by atoms with Gasteiger partial charge in [0, 0.05) is 0 Å². The van der Waals surface area contributed by atoms with E-state index in [2.05, 4.69) is 9.63 Å². The highest BCUT2D eigenvalue weighted by Gasteiger charge is 2.13. The molecule has 0 amide bonds.